The second-order valence-electron chi connectivity index (χ2n) is 6.29. The highest BCUT2D eigenvalue weighted by atomic mass is 16.5. The minimum absolute atomic E-state index is 0.0749. The van der Waals surface area contributed by atoms with Crippen molar-refractivity contribution < 1.29 is 9.47 Å². The van der Waals surface area contributed by atoms with E-state index in [1.807, 2.05) is 12.1 Å². The van der Waals surface area contributed by atoms with Gasteiger partial charge in [-0.25, -0.2) is 0 Å². The van der Waals surface area contributed by atoms with Crippen LogP contribution in [-0.2, 0) is 6.42 Å². The van der Waals surface area contributed by atoms with Crippen LogP contribution >= 0.6 is 0 Å². The Morgan fingerprint density at radius 2 is 1.95 bits per heavy atom. The third kappa shape index (κ3) is 4.61. The molecule has 0 aromatic heterocycles. The number of ether oxygens (including phenoxy) is 2. The number of rotatable bonds is 9. The van der Waals surface area contributed by atoms with E-state index < -0.39 is 0 Å². The normalized spacial score (nSPS) is 17.3. The molecule has 2 rings (SSSR count). The summed E-state index contributed by atoms with van der Waals surface area (Å²) < 4.78 is 10.6. The van der Waals surface area contributed by atoms with Crippen LogP contribution in [0.1, 0.15) is 31.7 Å². The number of methoxy groups -OCH3 is 2. The van der Waals surface area contributed by atoms with Crippen molar-refractivity contribution in [3.8, 4) is 11.5 Å². The third-order valence-corrected chi connectivity index (χ3v) is 4.29. The Morgan fingerprint density at radius 1 is 1.24 bits per heavy atom. The minimum atomic E-state index is -0.0749. The first kappa shape index (κ1) is 16.1. The van der Waals surface area contributed by atoms with Crippen molar-refractivity contribution in [2.24, 2.45) is 11.7 Å². The molecule has 0 radical (unpaired) electrons. The topological polar surface area (TPSA) is 56.5 Å². The molecule has 1 saturated carbocycles. The van der Waals surface area contributed by atoms with Gasteiger partial charge in [-0.3, -0.25) is 0 Å². The molecule has 118 valence electrons. The fourth-order valence-corrected chi connectivity index (χ4v) is 2.63. The van der Waals surface area contributed by atoms with Crippen LogP contribution in [0.2, 0.25) is 0 Å². The highest BCUT2D eigenvalue weighted by molar-refractivity contribution is 5.43. The second-order valence-corrected chi connectivity index (χ2v) is 6.29. The van der Waals surface area contributed by atoms with E-state index in [0.717, 1.165) is 30.4 Å². The lowest BCUT2D eigenvalue weighted by molar-refractivity contribution is 0.346. The van der Waals surface area contributed by atoms with E-state index in [4.69, 9.17) is 15.2 Å². The molecular weight excluding hydrogens is 264 g/mol. The number of hydrogen-bond donors (Lipinski definition) is 2. The molecule has 1 fully saturated rings. The fraction of sp³-hybridized carbons (Fsp3) is 0.647. The second kappa shape index (κ2) is 7.14. The zero-order chi connectivity index (χ0) is 15.3. The fourth-order valence-electron chi connectivity index (χ4n) is 2.63. The predicted octanol–water partition coefficient (Wildman–Crippen LogP) is 2.35. The highest BCUT2D eigenvalue weighted by Crippen LogP contribution is 2.32. The van der Waals surface area contributed by atoms with Gasteiger partial charge in [0, 0.05) is 12.1 Å². The van der Waals surface area contributed by atoms with Crippen LogP contribution in [0, 0.1) is 5.92 Å². The summed E-state index contributed by atoms with van der Waals surface area (Å²) in [6, 6.07) is 6.07. The zero-order valence-corrected chi connectivity index (χ0v) is 13.4. The Bertz CT molecular complexity index is 460. The Morgan fingerprint density at radius 3 is 2.52 bits per heavy atom. The van der Waals surface area contributed by atoms with Crippen molar-refractivity contribution in [3.63, 3.8) is 0 Å². The van der Waals surface area contributed by atoms with Crippen LogP contribution in [0.5, 0.6) is 11.5 Å². The molecule has 1 aromatic rings. The largest absolute Gasteiger partial charge is 0.493 e. The van der Waals surface area contributed by atoms with E-state index in [0.29, 0.717) is 6.54 Å². The minimum Gasteiger partial charge on any atom is -0.493 e. The van der Waals surface area contributed by atoms with Gasteiger partial charge in [0.2, 0.25) is 0 Å². The van der Waals surface area contributed by atoms with Crippen molar-refractivity contribution in [2.45, 2.75) is 38.1 Å². The Hall–Kier alpha value is -1.26. The smallest absolute Gasteiger partial charge is 0.160 e. The summed E-state index contributed by atoms with van der Waals surface area (Å²) in [6.07, 6.45) is 4.95. The molecular formula is C17H28N2O2. The van der Waals surface area contributed by atoms with Crippen LogP contribution in [0.15, 0.2) is 18.2 Å². The molecule has 1 atom stereocenters. The van der Waals surface area contributed by atoms with Gasteiger partial charge in [-0.05, 0) is 49.9 Å². The van der Waals surface area contributed by atoms with Crippen LogP contribution in [0.4, 0.5) is 0 Å². The monoisotopic (exact) mass is 292 g/mol. The van der Waals surface area contributed by atoms with Crippen molar-refractivity contribution >= 4 is 0 Å². The van der Waals surface area contributed by atoms with E-state index in [1.165, 1.54) is 24.8 Å². The summed E-state index contributed by atoms with van der Waals surface area (Å²) >= 11 is 0. The SMILES string of the molecule is COc1ccc(CC(C)(CN)NCCC2CC2)cc1OC. The van der Waals surface area contributed by atoms with Gasteiger partial charge in [-0.15, -0.1) is 0 Å². The van der Waals surface area contributed by atoms with Crippen molar-refractivity contribution in [1.29, 1.82) is 0 Å². The van der Waals surface area contributed by atoms with Crippen LogP contribution in [0.25, 0.3) is 0 Å². The molecule has 0 aliphatic heterocycles. The molecule has 3 N–H and O–H groups in total. The van der Waals surface area contributed by atoms with E-state index >= 15 is 0 Å². The highest BCUT2D eigenvalue weighted by Gasteiger charge is 2.25. The maximum absolute atomic E-state index is 6.00. The maximum atomic E-state index is 6.00. The van der Waals surface area contributed by atoms with Gasteiger partial charge in [0.15, 0.2) is 11.5 Å². The molecule has 4 heteroatoms. The molecule has 21 heavy (non-hydrogen) atoms. The number of hydrogen-bond acceptors (Lipinski definition) is 4. The average Bonchev–Trinajstić information content (AvgIpc) is 3.31. The van der Waals surface area contributed by atoms with Crippen LogP contribution < -0.4 is 20.5 Å². The number of benzene rings is 1. The molecule has 0 amide bonds. The lowest BCUT2D eigenvalue weighted by atomic mass is 9.92. The van der Waals surface area contributed by atoms with Gasteiger partial charge in [0.1, 0.15) is 0 Å². The number of nitrogens with two attached hydrogens (primary N) is 1. The van der Waals surface area contributed by atoms with Gasteiger partial charge in [0.25, 0.3) is 0 Å². The molecule has 1 aliphatic carbocycles. The number of nitrogens with one attached hydrogen (secondary N) is 1. The Labute approximate surface area is 128 Å². The van der Waals surface area contributed by atoms with Crippen molar-refractivity contribution in [1.82, 2.24) is 5.32 Å². The third-order valence-electron chi connectivity index (χ3n) is 4.29. The molecule has 1 aliphatic rings. The van der Waals surface area contributed by atoms with E-state index in [9.17, 15) is 0 Å². The molecule has 1 unspecified atom stereocenters. The molecule has 0 bridgehead atoms. The molecule has 0 spiro atoms. The van der Waals surface area contributed by atoms with Crippen LogP contribution in [-0.4, -0.2) is 32.8 Å². The standard InChI is InChI=1S/C17H28N2O2/c1-17(12-18,19-9-8-13-4-5-13)11-14-6-7-15(20-2)16(10-14)21-3/h6-7,10,13,19H,4-5,8-9,11-12,18H2,1-3H3. The summed E-state index contributed by atoms with van der Waals surface area (Å²) in [5, 5.41) is 3.63. The summed E-state index contributed by atoms with van der Waals surface area (Å²) in [5.74, 6) is 2.48. The van der Waals surface area contributed by atoms with Gasteiger partial charge in [-0.1, -0.05) is 18.9 Å². The summed E-state index contributed by atoms with van der Waals surface area (Å²) in [7, 11) is 3.32. The van der Waals surface area contributed by atoms with Crippen molar-refractivity contribution in [3.05, 3.63) is 23.8 Å². The summed E-state index contributed by atoms with van der Waals surface area (Å²) in [5.41, 5.74) is 7.13. The average molecular weight is 292 g/mol. The molecule has 0 saturated heterocycles. The molecule has 1 aromatic carbocycles. The van der Waals surface area contributed by atoms with Gasteiger partial charge in [0.05, 0.1) is 14.2 Å². The Kier molecular flexibility index (Phi) is 5.48. The van der Waals surface area contributed by atoms with Crippen molar-refractivity contribution in [2.75, 3.05) is 27.3 Å². The van der Waals surface area contributed by atoms with E-state index in [-0.39, 0.29) is 5.54 Å². The first-order chi connectivity index (χ1) is 10.1. The zero-order valence-electron chi connectivity index (χ0n) is 13.4. The maximum Gasteiger partial charge on any atom is 0.160 e. The van der Waals surface area contributed by atoms with Gasteiger partial charge in [-0.2, -0.15) is 0 Å². The first-order valence-corrected chi connectivity index (χ1v) is 7.76. The predicted molar refractivity (Wildman–Crippen MR) is 86.1 cm³/mol. The Balaban J connectivity index is 1.98. The van der Waals surface area contributed by atoms with E-state index in [2.05, 4.69) is 18.3 Å². The molecule has 0 heterocycles. The van der Waals surface area contributed by atoms with Gasteiger partial charge >= 0.3 is 0 Å². The lowest BCUT2D eigenvalue weighted by Gasteiger charge is -2.30. The van der Waals surface area contributed by atoms with E-state index in [1.54, 1.807) is 14.2 Å². The molecule has 4 nitrogen and oxygen atoms in total. The first-order valence-electron chi connectivity index (χ1n) is 7.76. The van der Waals surface area contributed by atoms with Gasteiger partial charge < -0.3 is 20.5 Å². The lowest BCUT2D eigenvalue weighted by Crippen LogP contribution is -2.50. The summed E-state index contributed by atoms with van der Waals surface area (Å²) in [4.78, 5) is 0. The van der Waals surface area contributed by atoms with Crippen LogP contribution in [0.3, 0.4) is 0 Å². The summed E-state index contributed by atoms with van der Waals surface area (Å²) in [6.45, 7) is 3.86. The quantitative estimate of drug-likeness (QED) is 0.733.